The molecule has 2 saturated heterocycles. The maximum atomic E-state index is 13.0. The number of hydrogen-bond donors (Lipinski definition) is 0. The summed E-state index contributed by atoms with van der Waals surface area (Å²) in [5.41, 5.74) is 5.87. The summed E-state index contributed by atoms with van der Waals surface area (Å²) in [5.74, 6) is 0.220. The van der Waals surface area contributed by atoms with Crippen LogP contribution in [-0.2, 0) is 4.79 Å². The lowest BCUT2D eigenvalue weighted by Crippen LogP contribution is -2.49. The van der Waals surface area contributed by atoms with Crippen LogP contribution in [0.5, 0.6) is 0 Å². The largest absolute Gasteiger partial charge is 0.273 e. The van der Waals surface area contributed by atoms with E-state index in [1.54, 1.807) is 0 Å². The first-order valence-electron chi connectivity index (χ1n) is 9.46. The highest BCUT2D eigenvalue weighted by atomic mass is 79.9. The summed E-state index contributed by atoms with van der Waals surface area (Å²) in [6.45, 7) is 8.75. The molecule has 2 aromatic rings. The Morgan fingerprint density at radius 1 is 1.04 bits per heavy atom. The van der Waals surface area contributed by atoms with Gasteiger partial charge in [-0.2, -0.15) is 0 Å². The van der Waals surface area contributed by atoms with Crippen molar-refractivity contribution in [1.29, 1.82) is 0 Å². The molecule has 1 amide bonds. The third-order valence-corrected chi connectivity index (χ3v) is 6.76. The second-order valence-electron chi connectivity index (χ2n) is 8.89. The summed E-state index contributed by atoms with van der Waals surface area (Å²) in [6, 6.07) is 17.3. The Kier molecular flexibility index (Phi) is 3.40. The van der Waals surface area contributed by atoms with Gasteiger partial charge in [0.15, 0.2) is 0 Å². The van der Waals surface area contributed by atoms with Crippen LogP contribution in [0.25, 0.3) is 5.57 Å². The molecule has 0 saturated carbocycles. The summed E-state index contributed by atoms with van der Waals surface area (Å²) in [6.07, 6.45) is 0.564. The number of fused-ring (bicyclic) bond motifs is 5. The van der Waals surface area contributed by atoms with Crippen molar-refractivity contribution in [2.24, 2.45) is 0 Å². The van der Waals surface area contributed by atoms with E-state index in [1.807, 2.05) is 5.01 Å². The minimum absolute atomic E-state index is 0.117. The van der Waals surface area contributed by atoms with E-state index in [4.69, 9.17) is 0 Å². The molecule has 4 heteroatoms. The van der Waals surface area contributed by atoms with Gasteiger partial charge >= 0.3 is 0 Å². The third kappa shape index (κ3) is 2.14. The lowest BCUT2D eigenvalue weighted by molar-refractivity contribution is -0.145. The number of halogens is 1. The Hall–Kier alpha value is -1.91. The standard InChI is InChI=1S/C23H23BrN2O/c1-22(2)13-18(27)25-23(3,4)20-19(14-8-7-9-15(24)12-14)16-10-5-6-11-17(16)21(20)26(22)25/h5-12,21H,13H2,1-4H3. The molecule has 27 heavy (non-hydrogen) atoms. The quantitative estimate of drug-likeness (QED) is 0.620. The number of carbonyl (C=O) groups excluding carboxylic acids is 1. The van der Waals surface area contributed by atoms with E-state index in [9.17, 15) is 4.79 Å². The molecule has 3 aliphatic rings. The van der Waals surface area contributed by atoms with E-state index in [1.165, 1.54) is 27.8 Å². The summed E-state index contributed by atoms with van der Waals surface area (Å²) in [7, 11) is 0. The monoisotopic (exact) mass is 422 g/mol. The Labute approximate surface area is 168 Å². The van der Waals surface area contributed by atoms with Gasteiger partial charge in [-0.05, 0) is 67.7 Å². The first-order valence-corrected chi connectivity index (χ1v) is 10.2. The number of hydrogen-bond acceptors (Lipinski definition) is 2. The number of nitrogens with zero attached hydrogens (tertiary/aromatic N) is 2. The van der Waals surface area contributed by atoms with Gasteiger partial charge < -0.3 is 0 Å². The molecule has 1 unspecified atom stereocenters. The zero-order chi connectivity index (χ0) is 19.1. The Bertz CT molecular complexity index is 1020. The average molecular weight is 423 g/mol. The van der Waals surface area contributed by atoms with Crippen molar-refractivity contribution in [3.05, 3.63) is 75.3 Å². The van der Waals surface area contributed by atoms with Crippen molar-refractivity contribution >= 4 is 27.4 Å². The molecule has 2 heterocycles. The summed E-state index contributed by atoms with van der Waals surface area (Å²) >= 11 is 3.63. The van der Waals surface area contributed by atoms with Crippen molar-refractivity contribution < 1.29 is 4.79 Å². The van der Waals surface area contributed by atoms with Crippen molar-refractivity contribution in [3.63, 3.8) is 0 Å². The van der Waals surface area contributed by atoms with Crippen LogP contribution in [0.2, 0.25) is 0 Å². The normalized spacial score (nSPS) is 25.0. The van der Waals surface area contributed by atoms with Crippen LogP contribution in [0.1, 0.15) is 56.8 Å². The molecule has 0 bridgehead atoms. The van der Waals surface area contributed by atoms with Crippen LogP contribution in [-0.4, -0.2) is 27.0 Å². The number of hydrazine groups is 1. The zero-order valence-electron chi connectivity index (χ0n) is 16.1. The minimum Gasteiger partial charge on any atom is -0.273 e. The van der Waals surface area contributed by atoms with E-state index in [0.29, 0.717) is 6.42 Å². The summed E-state index contributed by atoms with van der Waals surface area (Å²) in [4.78, 5) is 13.0. The van der Waals surface area contributed by atoms with Gasteiger partial charge in [-0.3, -0.25) is 9.80 Å². The van der Waals surface area contributed by atoms with Gasteiger partial charge in [0.25, 0.3) is 0 Å². The average Bonchev–Trinajstić information content (AvgIpc) is 3.14. The van der Waals surface area contributed by atoms with Gasteiger partial charge in [-0.25, -0.2) is 5.01 Å². The van der Waals surface area contributed by atoms with Crippen LogP contribution in [0.3, 0.4) is 0 Å². The van der Waals surface area contributed by atoms with Crippen LogP contribution < -0.4 is 0 Å². The van der Waals surface area contributed by atoms with Crippen molar-refractivity contribution in [2.45, 2.75) is 51.2 Å². The van der Waals surface area contributed by atoms with E-state index in [2.05, 4.69) is 97.2 Å². The predicted octanol–water partition coefficient (Wildman–Crippen LogP) is 5.33. The number of amides is 1. The third-order valence-electron chi connectivity index (χ3n) is 6.27. The topological polar surface area (TPSA) is 23.6 Å². The second kappa shape index (κ2) is 5.33. The van der Waals surface area contributed by atoms with Gasteiger partial charge in [0.2, 0.25) is 5.91 Å². The molecular weight excluding hydrogens is 400 g/mol. The Morgan fingerprint density at radius 2 is 1.78 bits per heavy atom. The van der Waals surface area contributed by atoms with E-state index < -0.39 is 0 Å². The van der Waals surface area contributed by atoms with Crippen molar-refractivity contribution in [3.8, 4) is 0 Å². The van der Waals surface area contributed by atoms with Crippen LogP contribution in [0.4, 0.5) is 0 Å². The van der Waals surface area contributed by atoms with Crippen LogP contribution in [0, 0.1) is 0 Å². The van der Waals surface area contributed by atoms with Crippen LogP contribution >= 0.6 is 15.9 Å². The molecular formula is C23H23BrN2O. The second-order valence-corrected chi connectivity index (χ2v) is 9.80. The number of benzene rings is 2. The molecule has 2 aliphatic heterocycles. The highest BCUT2D eigenvalue weighted by Gasteiger charge is 2.63. The molecule has 1 atom stereocenters. The Balaban J connectivity index is 1.85. The molecule has 2 aromatic carbocycles. The molecule has 0 spiro atoms. The number of rotatable bonds is 1. The fourth-order valence-electron chi connectivity index (χ4n) is 5.33. The minimum atomic E-state index is -0.355. The fraction of sp³-hybridized carbons (Fsp3) is 0.348. The molecule has 3 nitrogen and oxygen atoms in total. The molecule has 138 valence electrons. The van der Waals surface area contributed by atoms with Gasteiger partial charge in [0, 0.05) is 16.4 Å². The van der Waals surface area contributed by atoms with E-state index >= 15 is 0 Å². The molecule has 2 fully saturated rings. The van der Waals surface area contributed by atoms with Gasteiger partial charge in [-0.15, -0.1) is 0 Å². The first kappa shape index (κ1) is 17.2. The maximum absolute atomic E-state index is 13.0. The number of carbonyl (C=O) groups is 1. The maximum Gasteiger partial charge on any atom is 0.239 e. The summed E-state index contributed by atoms with van der Waals surface area (Å²) in [5, 5.41) is 4.37. The molecule has 0 N–H and O–H groups in total. The van der Waals surface area contributed by atoms with Crippen molar-refractivity contribution in [2.75, 3.05) is 0 Å². The molecule has 5 rings (SSSR count). The van der Waals surface area contributed by atoms with Gasteiger partial charge in [-0.1, -0.05) is 52.3 Å². The lowest BCUT2D eigenvalue weighted by Gasteiger charge is -2.38. The van der Waals surface area contributed by atoms with Gasteiger partial charge in [0.1, 0.15) is 0 Å². The molecule has 1 aliphatic carbocycles. The van der Waals surface area contributed by atoms with Crippen LogP contribution in [0.15, 0.2) is 58.6 Å². The molecule has 0 aromatic heterocycles. The van der Waals surface area contributed by atoms with E-state index in [0.717, 1.165) is 4.47 Å². The first-order chi connectivity index (χ1) is 12.7. The smallest absolute Gasteiger partial charge is 0.239 e. The highest BCUT2D eigenvalue weighted by Crippen LogP contribution is 2.61. The summed E-state index contributed by atoms with van der Waals surface area (Å²) < 4.78 is 1.07. The zero-order valence-corrected chi connectivity index (χ0v) is 17.7. The highest BCUT2D eigenvalue weighted by molar-refractivity contribution is 9.10. The lowest BCUT2D eigenvalue weighted by atomic mass is 9.85. The van der Waals surface area contributed by atoms with E-state index in [-0.39, 0.29) is 23.0 Å². The fourth-order valence-corrected chi connectivity index (χ4v) is 5.73. The van der Waals surface area contributed by atoms with Gasteiger partial charge in [0.05, 0.1) is 11.6 Å². The van der Waals surface area contributed by atoms with Crippen molar-refractivity contribution in [1.82, 2.24) is 10.0 Å². The predicted molar refractivity (Wildman–Crippen MR) is 111 cm³/mol. The SMILES string of the molecule is CC1(C)CC(=O)N2N1C1C(=C(c3cccc(Br)c3)c3ccccc31)C2(C)C. The Morgan fingerprint density at radius 3 is 2.52 bits per heavy atom. The molecule has 0 radical (unpaired) electrons.